The lowest BCUT2D eigenvalue weighted by Crippen LogP contribution is -2.44. The van der Waals surface area contributed by atoms with E-state index in [4.69, 9.17) is 11.6 Å². The van der Waals surface area contributed by atoms with Crippen molar-refractivity contribution in [1.29, 1.82) is 0 Å². The highest BCUT2D eigenvalue weighted by atomic mass is 35.5. The lowest BCUT2D eigenvalue weighted by atomic mass is 10.1. The highest BCUT2D eigenvalue weighted by molar-refractivity contribution is 6.30. The van der Waals surface area contributed by atoms with E-state index in [0.29, 0.717) is 10.6 Å². The molecule has 1 amide bonds. The van der Waals surface area contributed by atoms with Crippen LogP contribution in [0, 0.1) is 0 Å². The van der Waals surface area contributed by atoms with Crippen molar-refractivity contribution in [1.82, 2.24) is 10.6 Å². The van der Waals surface area contributed by atoms with E-state index in [9.17, 15) is 13.6 Å². The summed E-state index contributed by atoms with van der Waals surface area (Å²) in [6.45, 7) is 2.97. The van der Waals surface area contributed by atoms with Crippen LogP contribution in [-0.4, -0.2) is 24.6 Å². The minimum Gasteiger partial charge on any atom is -0.434 e. The van der Waals surface area contributed by atoms with Crippen LogP contribution in [0.5, 0.6) is 5.75 Å². The molecule has 0 heterocycles. The molecule has 0 saturated heterocycles. The number of carbonyl (C=O) groups is 1. The normalized spacial score (nSPS) is 11.6. The molecule has 4 nitrogen and oxygen atoms in total. The van der Waals surface area contributed by atoms with Gasteiger partial charge in [0.25, 0.3) is 0 Å². The minimum atomic E-state index is -2.91. The number of ether oxygens (including phenoxy) is 1. The SMILES string of the molecule is CC(C)(C)NC(=O)CNCc1cc(Cl)ccc1OC(F)F. The average Bonchev–Trinajstić information content (AvgIpc) is 2.29. The van der Waals surface area contributed by atoms with Gasteiger partial charge in [-0.1, -0.05) is 11.6 Å². The lowest BCUT2D eigenvalue weighted by molar-refractivity contribution is -0.121. The van der Waals surface area contributed by atoms with Gasteiger partial charge in [0.1, 0.15) is 5.75 Å². The van der Waals surface area contributed by atoms with E-state index >= 15 is 0 Å². The summed E-state index contributed by atoms with van der Waals surface area (Å²) in [5, 5.41) is 6.06. The number of rotatable bonds is 6. The Labute approximate surface area is 127 Å². The van der Waals surface area contributed by atoms with E-state index in [-0.39, 0.29) is 30.3 Å². The van der Waals surface area contributed by atoms with Crippen molar-refractivity contribution in [2.75, 3.05) is 6.54 Å². The predicted octanol–water partition coefficient (Wildman–Crippen LogP) is 2.95. The molecule has 0 radical (unpaired) electrons. The molecule has 2 N–H and O–H groups in total. The zero-order valence-corrected chi connectivity index (χ0v) is 12.9. The van der Waals surface area contributed by atoms with Crippen molar-refractivity contribution < 1.29 is 18.3 Å². The number of benzene rings is 1. The summed E-state index contributed by atoms with van der Waals surface area (Å²) >= 11 is 5.83. The molecule has 0 aliphatic rings. The van der Waals surface area contributed by atoms with Crippen LogP contribution < -0.4 is 15.4 Å². The maximum Gasteiger partial charge on any atom is 0.387 e. The number of amides is 1. The summed E-state index contributed by atoms with van der Waals surface area (Å²) in [7, 11) is 0. The van der Waals surface area contributed by atoms with Gasteiger partial charge in [0, 0.05) is 22.7 Å². The Balaban J connectivity index is 2.58. The quantitative estimate of drug-likeness (QED) is 0.847. The van der Waals surface area contributed by atoms with Gasteiger partial charge in [-0.3, -0.25) is 4.79 Å². The molecule has 1 aromatic carbocycles. The standard InChI is InChI=1S/C14H19ClF2N2O2/c1-14(2,3)19-12(20)8-18-7-9-6-10(15)4-5-11(9)21-13(16)17/h4-6,13,18H,7-8H2,1-3H3,(H,19,20). The Hall–Kier alpha value is -1.40. The smallest absolute Gasteiger partial charge is 0.387 e. The average molecular weight is 321 g/mol. The largest absolute Gasteiger partial charge is 0.434 e. The number of hydrogen-bond donors (Lipinski definition) is 2. The molecular formula is C14H19ClF2N2O2. The van der Waals surface area contributed by atoms with Gasteiger partial charge in [-0.25, -0.2) is 0 Å². The molecule has 7 heteroatoms. The van der Waals surface area contributed by atoms with Crippen molar-refractivity contribution >= 4 is 17.5 Å². The number of halogens is 3. The zero-order valence-electron chi connectivity index (χ0n) is 12.2. The van der Waals surface area contributed by atoms with E-state index in [0.717, 1.165) is 0 Å². The molecular weight excluding hydrogens is 302 g/mol. The Bertz CT molecular complexity index is 490. The maximum absolute atomic E-state index is 12.3. The van der Waals surface area contributed by atoms with Crippen LogP contribution in [0.15, 0.2) is 18.2 Å². The molecule has 0 fully saturated rings. The molecule has 0 atom stereocenters. The van der Waals surface area contributed by atoms with Crippen molar-refractivity contribution in [3.63, 3.8) is 0 Å². The van der Waals surface area contributed by atoms with Crippen LogP contribution in [0.2, 0.25) is 5.02 Å². The van der Waals surface area contributed by atoms with E-state index in [1.54, 1.807) is 0 Å². The van der Waals surface area contributed by atoms with Gasteiger partial charge in [0.15, 0.2) is 0 Å². The Morgan fingerprint density at radius 2 is 2.05 bits per heavy atom. The van der Waals surface area contributed by atoms with Gasteiger partial charge in [-0.2, -0.15) is 8.78 Å². The van der Waals surface area contributed by atoms with Gasteiger partial charge in [0.05, 0.1) is 6.54 Å². The van der Waals surface area contributed by atoms with Crippen molar-refractivity contribution in [3.8, 4) is 5.75 Å². The van der Waals surface area contributed by atoms with Crippen LogP contribution >= 0.6 is 11.6 Å². The van der Waals surface area contributed by atoms with E-state index < -0.39 is 6.61 Å². The third-order valence-corrected chi connectivity index (χ3v) is 2.59. The van der Waals surface area contributed by atoms with Crippen molar-refractivity contribution in [2.24, 2.45) is 0 Å². The van der Waals surface area contributed by atoms with E-state index in [1.807, 2.05) is 20.8 Å². The molecule has 0 unspecified atom stereocenters. The Morgan fingerprint density at radius 3 is 2.62 bits per heavy atom. The molecule has 118 valence electrons. The maximum atomic E-state index is 12.3. The Kier molecular flexibility index (Phi) is 6.36. The highest BCUT2D eigenvalue weighted by Gasteiger charge is 2.14. The van der Waals surface area contributed by atoms with E-state index in [2.05, 4.69) is 15.4 Å². The second-order valence-electron chi connectivity index (χ2n) is 5.53. The van der Waals surface area contributed by atoms with Gasteiger partial charge in [-0.05, 0) is 39.0 Å². The minimum absolute atomic E-state index is 0.0399. The number of carbonyl (C=O) groups excluding carboxylic acids is 1. The molecule has 0 bridgehead atoms. The van der Waals surface area contributed by atoms with Crippen LogP contribution in [0.25, 0.3) is 0 Å². The highest BCUT2D eigenvalue weighted by Crippen LogP contribution is 2.24. The number of alkyl halides is 2. The summed E-state index contributed by atoms with van der Waals surface area (Å²) in [6, 6.07) is 4.36. The molecule has 0 aromatic heterocycles. The summed E-state index contributed by atoms with van der Waals surface area (Å²) in [4.78, 5) is 11.6. The Morgan fingerprint density at radius 1 is 1.38 bits per heavy atom. The predicted molar refractivity (Wildman–Crippen MR) is 77.7 cm³/mol. The molecule has 0 saturated carbocycles. The molecule has 0 spiro atoms. The van der Waals surface area contributed by atoms with Gasteiger partial charge in [-0.15, -0.1) is 0 Å². The number of hydrogen-bond acceptors (Lipinski definition) is 3. The zero-order chi connectivity index (χ0) is 16.0. The molecule has 0 aliphatic heterocycles. The van der Waals surface area contributed by atoms with Gasteiger partial charge >= 0.3 is 6.61 Å². The summed E-state index contributed by atoms with van der Waals surface area (Å²) < 4.78 is 29.0. The fourth-order valence-electron chi connectivity index (χ4n) is 1.67. The summed E-state index contributed by atoms with van der Waals surface area (Å²) in [5.74, 6) is -0.140. The fraction of sp³-hybridized carbons (Fsp3) is 0.500. The van der Waals surface area contributed by atoms with Crippen molar-refractivity contribution in [2.45, 2.75) is 39.5 Å². The molecule has 0 aliphatic carbocycles. The van der Waals surface area contributed by atoms with Crippen LogP contribution in [0.4, 0.5) is 8.78 Å². The first-order valence-electron chi connectivity index (χ1n) is 6.42. The van der Waals surface area contributed by atoms with Crippen LogP contribution in [0.3, 0.4) is 0 Å². The fourth-order valence-corrected chi connectivity index (χ4v) is 1.86. The number of nitrogens with one attached hydrogen (secondary N) is 2. The first kappa shape index (κ1) is 17.7. The van der Waals surface area contributed by atoms with Crippen molar-refractivity contribution in [3.05, 3.63) is 28.8 Å². The van der Waals surface area contributed by atoms with Gasteiger partial charge < -0.3 is 15.4 Å². The lowest BCUT2D eigenvalue weighted by Gasteiger charge is -2.20. The second kappa shape index (κ2) is 7.56. The third-order valence-electron chi connectivity index (χ3n) is 2.35. The van der Waals surface area contributed by atoms with Gasteiger partial charge in [0.2, 0.25) is 5.91 Å². The molecule has 1 rings (SSSR count). The van der Waals surface area contributed by atoms with E-state index in [1.165, 1.54) is 18.2 Å². The first-order valence-corrected chi connectivity index (χ1v) is 6.80. The topological polar surface area (TPSA) is 50.4 Å². The first-order chi connectivity index (χ1) is 9.67. The van der Waals surface area contributed by atoms with Crippen LogP contribution in [0.1, 0.15) is 26.3 Å². The summed E-state index contributed by atoms with van der Waals surface area (Å²) in [5.41, 5.74) is 0.144. The second-order valence-corrected chi connectivity index (χ2v) is 5.97. The monoisotopic (exact) mass is 320 g/mol. The molecule has 21 heavy (non-hydrogen) atoms. The summed E-state index contributed by atoms with van der Waals surface area (Å²) in [6.07, 6.45) is 0. The molecule has 1 aromatic rings. The van der Waals surface area contributed by atoms with Crippen LogP contribution in [-0.2, 0) is 11.3 Å². The third kappa shape index (κ3) is 7.24.